The van der Waals surface area contributed by atoms with E-state index in [9.17, 15) is 0 Å². The summed E-state index contributed by atoms with van der Waals surface area (Å²) in [6, 6.07) is 7.45. The molecular formula is C13H13N3S. The van der Waals surface area contributed by atoms with Crippen LogP contribution in [0.5, 0.6) is 0 Å². The van der Waals surface area contributed by atoms with Gasteiger partial charge >= 0.3 is 0 Å². The van der Waals surface area contributed by atoms with E-state index in [-0.39, 0.29) is 0 Å². The highest BCUT2D eigenvalue weighted by atomic mass is 32.1. The standard InChI is InChI=1S/C13H13N3S/c1-9-7-17-8-11(9)6-16-12-3-2-10(5-14)13(15)4-12/h2-4,7-8,16H,6,15H2,1H3. The van der Waals surface area contributed by atoms with Crippen LogP contribution in [0.15, 0.2) is 29.0 Å². The minimum absolute atomic E-state index is 0.513. The zero-order valence-electron chi connectivity index (χ0n) is 9.53. The molecule has 2 rings (SSSR count). The molecule has 2 aromatic rings. The summed E-state index contributed by atoms with van der Waals surface area (Å²) >= 11 is 1.70. The van der Waals surface area contributed by atoms with Gasteiger partial charge in [-0.3, -0.25) is 0 Å². The van der Waals surface area contributed by atoms with Crippen molar-refractivity contribution in [3.63, 3.8) is 0 Å². The zero-order chi connectivity index (χ0) is 12.3. The maximum Gasteiger partial charge on any atom is 0.101 e. The van der Waals surface area contributed by atoms with E-state index in [0.717, 1.165) is 12.2 Å². The quantitative estimate of drug-likeness (QED) is 0.814. The van der Waals surface area contributed by atoms with Gasteiger partial charge in [-0.2, -0.15) is 16.6 Å². The van der Waals surface area contributed by atoms with Gasteiger partial charge < -0.3 is 11.1 Å². The van der Waals surface area contributed by atoms with E-state index in [0.29, 0.717) is 11.3 Å². The Kier molecular flexibility index (Phi) is 3.31. The minimum atomic E-state index is 0.513. The Balaban J connectivity index is 2.08. The molecule has 1 aromatic heterocycles. The molecule has 0 unspecified atom stereocenters. The molecule has 3 nitrogen and oxygen atoms in total. The predicted molar refractivity (Wildman–Crippen MR) is 72.0 cm³/mol. The van der Waals surface area contributed by atoms with Crippen molar-refractivity contribution >= 4 is 22.7 Å². The average molecular weight is 243 g/mol. The summed E-state index contributed by atoms with van der Waals surface area (Å²) in [5.74, 6) is 0. The van der Waals surface area contributed by atoms with Gasteiger partial charge in [-0.1, -0.05) is 0 Å². The van der Waals surface area contributed by atoms with Gasteiger partial charge in [0.1, 0.15) is 6.07 Å². The Morgan fingerprint density at radius 3 is 2.82 bits per heavy atom. The Hall–Kier alpha value is -1.99. The third-order valence-electron chi connectivity index (χ3n) is 2.62. The molecule has 86 valence electrons. The summed E-state index contributed by atoms with van der Waals surface area (Å²) in [7, 11) is 0. The lowest BCUT2D eigenvalue weighted by atomic mass is 10.1. The second kappa shape index (κ2) is 4.89. The normalized spacial score (nSPS) is 9.88. The molecule has 0 atom stereocenters. The van der Waals surface area contributed by atoms with Crippen LogP contribution in [-0.4, -0.2) is 0 Å². The first-order valence-electron chi connectivity index (χ1n) is 5.26. The Morgan fingerprint density at radius 2 is 2.24 bits per heavy atom. The van der Waals surface area contributed by atoms with Crippen LogP contribution in [0.25, 0.3) is 0 Å². The topological polar surface area (TPSA) is 61.8 Å². The van der Waals surface area contributed by atoms with Gasteiger partial charge in [0.05, 0.1) is 11.3 Å². The van der Waals surface area contributed by atoms with E-state index in [4.69, 9.17) is 11.0 Å². The van der Waals surface area contributed by atoms with Crippen molar-refractivity contribution in [2.24, 2.45) is 0 Å². The molecule has 0 aliphatic rings. The van der Waals surface area contributed by atoms with Crippen molar-refractivity contribution in [3.05, 3.63) is 45.6 Å². The Labute approximate surface area is 105 Å². The van der Waals surface area contributed by atoms with Gasteiger partial charge in [-0.25, -0.2) is 0 Å². The first kappa shape index (κ1) is 11.5. The molecule has 0 radical (unpaired) electrons. The van der Waals surface area contributed by atoms with Crippen molar-refractivity contribution in [1.29, 1.82) is 5.26 Å². The number of nitrogens with zero attached hydrogens (tertiary/aromatic N) is 1. The molecular weight excluding hydrogens is 230 g/mol. The number of thiophene rings is 1. The van der Waals surface area contributed by atoms with E-state index >= 15 is 0 Å². The summed E-state index contributed by atoms with van der Waals surface area (Å²) in [5.41, 5.74) is 10.3. The Morgan fingerprint density at radius 1 is 1.41 bits per heavy atom. The molecule has 0 aliphatic carbocycles. The maximum atomic E-state index is 8.78. The highest BCUT2D eigenvalue weighted by molar-refractivity contribution is 7.08. The van der Waals surface area contributed by atoms with E-state index in [1.807, 2.05) is 6.07 Å². The highest BCUT2D eigenvalue weighted by Crippen LogP contribution is 2.19. The molecule has 0 fully saturated rings. The second-order valence-electron chi connectivity index (χ2n) is 3.85. The van der Waals surface area contributed by atoms with Crippen LogP contribution in [-0.2, 0) is 6.54 Å². The third kappa shape index (κ3) is 2.58. The SMILES string of the molecule is Cc1cscc1CNc1ccc(C#N)c(N)c1. The molecule has 0 bridgehead atoms. The van der Waals surface area contributed by atoms with E-state index in [1.165, 1.54) is 11.1 Å². The van der Waals surface area contributed by atoms with Crippen LogP contribution in [0.1, 0.15) is 16.7 Å². The molecule has 0 aliphatic heterocycles. The van der Waals surface area contributed by atoms with Gasteiger partial charge in [-0.05, 0) is 47.0 Å². The average Bonchev–Trinajstić information content (AvgIpc) is 2.72. The molecule has 0 saturated heterocycles. The van der Waals surface area contributed by atoms with Gasteiger partial charge in [0.25, 0.3) is 0 Å². The van der Waals surface area contributed by atoms with Crippen LogP contribution < -0.4 is 11.1 Å². The second-order valence-corrected chi connectivity index (χ2v) is 4.59. The molecule has 17 heavy (non-hydrogen) atoms. The summed E-state index contributed by atoms with van der Waals surface area (Å²) in [5, 5.41) is 16.3. The lowest BCUT2D eigenvalue weighted by Crippen LogP contribution is -2.00. The number of anilines is 2. The van der Waals surface area contributed by atoms with Crippen LogP contribution in [0.3, 0.4) is 0 Å². The molecule has 0 amide bonds. The van der Waals surface area contributed by atoms with E-state index in [2.05, 4.69) is 29.1 Å². The van der Waals surface area contributed by atoms with Crippen LogP contribution in [0, 0.1) is 18.3 Å². The van der Waals surface area contributed by atoms with Crippen LogP contribution in [0.4, 0.5) is 11.4 Å². The van der Waals surface area contributed by atoms with Gasteiger partial charge in [0.2, 0.25) is 0 Å². The van der Waals surface area contributed by atoms with Crippen LogP contribution in [0.2, 0.25) is 0 Å². The molecule has 4 heteroatoms. The van der Waals surface area contributed by atoms with Crippen molar-refractivity contribution in [2.45, 2.75) is 13.5 Å². The summed E-state index contributed by atoms with van der Waals surface area (Å²) in [6.07, 6.45) is 0. The number of hydrogen-bond donors (Lipinski definition) is 2. The summed E-state index contributed by atoms with van der Waals surface area (Å²) in [6.45, 7) is 2.88. The number of benzene rings is 1. The fourth-order valence-corrected chi connectivity index (χ4v) is 2.40. The van der Waals surface area contributed by atoms with Crippen molar-refractivity contribution in [3.8, 4) is 6.07 Å². The molecule has 3 N–H and O–H groups in total. The van der Waals surface area contributed by atoms with Gasteiger partial charge in [0.15, 0.2) is 0 Å². The van der Waals surface area contributed by atoms with Crippen molar-refractivity contribution in [1.82, 2.24) is 0 Å². The number of nitriles is 1. The zero-order valence-corrected chi connectivity index (χ0v) is 10.3. The molecule has 1 aromatic carbocycles. The lowest BCUT2D eigenvalue weighted by molar-refractivity contribution is 1.14. The molecule has 0 saturated carbocycles. The first-order chi connectivity index (χ1) is 8.20. The number of hydrogen-bond acceptors (Lipinski definition) is 4. The molecule has 0 spiro atoms. The monoisotopic (exact) mass is 243 g/mol. The number of nitrogen functional groups attached to an aromatic ring is 1. The summed E-state index contributed by atoms with van der Waals surface area (Å²) in [4.78, 5) is 0. The van der Waals surface area contributed by atoms with Crippen molar-refractivity contribution in [2.75, 3.05) is 11.1 Å². The smallest absolute Gasteiger partial charge is 0.101 e. The largest absolute Gasteiger partial charge is 0.398 e. The first-order valence-corrected chi connectivity index (χ1v) is 6.20. The number of nitrogens with one attached hydrogen (secondary N) is 1. The fourth-order valence-electron chi connectivity index (χ4n) is 1.54. The molecule has 1 heterocycles. The van der Waals surface area contributed by atoms with E-state index in [1.54, 1.807) is 23.5 Å². The van der Waals surface area contributed by atoms with Crippen LogP contribution >= 0.6 is 11.3 Å². The summed E-state index contributed by atoms with van der Waals surface area (Å²) < 4.78 is 0. The number of rotatable bonds is 3. The Bertz CT molecular complexity index is 566. The fraction of sp³-hybridized carbons (Fsp3) is 0.154. The predicted octanol–water partition coefficient (Wildman–Crippen LogP) is 3.12. The highest BCUT2D eigenvalue weighted by Gasteiger charge is 2.01. The third-order valence-corrected chi connectivity index (χ3v) is 3.53. The maximum absolute atomic E-state index is 8.78. The van der Waals surface area contributed by atoms with Crippen molar-refractivity contribution < 1.29 is 0 Å². The van der Waals surface area contributed by atoms with Gasteiger partial charge in [-0.15, -0.1) is 0 Å². The lowest BCUT2D eigenvalue weighted by Gasteiger charge is -2.07. The van der Waals surface area contributed by atoms with E-state index < -0.39 is 0 Å². The minimum Gasteiger partial charge on any atom is -0.398 e. The number of nitrogens with two attached hydrogens (primary N) is 1. The number of aryl methyl sites for hydroxylation is 1. The van der Waals surface area contributed by atoms with Gasteiger partial charge in [0, 0.05) is 12.2 Å².